The number of anilines is 1. The molecule has 0 spiro atoms. The molecule has 0 fully saturated rings. The van der Waals surface area contributed by atoms with Gasteiger partial charge in [-0.05, 0) is 40.8 Å². The smallest absolute Gasteiger partial charge is 0.158 e. The first-order chi connectivity index (χ1) is 6.63. The van der Waals surface area contributed by atoms with Crippen molar-refractivity contribution in [2.24, 2.45) is 10.9 Å². The Bertz CT molecular complexity index is 356. The number of rotatable bonds is 3. The maximum absolute atomic E-state index is 8.35. The highest BCUT2D eigenvalue weighted by molar-refractivity contribution is 14.1. The molecule has 4 N–H and O–H groups in total. The molecule has 76 valence electrons. The SMILES string of the molecule is N/C(CNc1cc(Br)ccc1I)=N/O. The summed E-state index contributed by atoms with van der Waals surface area (Å²) in [5.74, 6) is 0.153. The standard InChI is InChI=1S/C8H9BrIN3O/c9-5-1-2-6(10)7(3-5)12-4-8(11)13-14/h1-3,12,14H,4H2,(H2,11,13). The molecule has 1 aromatic rings. The predicted octanol–water partition coefficient (Wildman–Crippen LogP) is 2.21. The van der Waals surface area contributed by atoms with Crippen molar-refractivity contribution in [3.05, 3.63) is 26.2 Å². The Labute approximate surface area is 104 Å². The summed E-state index contributed by atoms with van der Waals surface area (Å²) in [4.78, 5) is 0. The van der Waals surface area contributed by atoms with E-state index < -0.39 is 0 Å². The third-order valence-corrected chi connectivity index (χ3v) is 2.95. The first-order valence-corrected chi connectivity index (χ1v) is 5.66. The largest absolute Gasteiger partial charge is 0.409 e. The lowest BCUT2D eigenvalue weighted by atomic mass is 10.3. The second-order valence-electron chi connectivity index (χ2n) is 2.57. The zero-order chi connectivity index (χ0) is 10.6. The second-order valence-corrected chi connectivity index (χ2v) is 4.65. The molecule has 0 unspecified atom stereocenters. The van der Waals surface area contributed by atoms with Crippen molar-refractivity contribution in [2.45, 2.75) is 0 Å². The maximum Gasteiger partial charge on any atom is 0.158 e. The summed E-state index contributed by atoms with van der Waals surface area (Å²) in [6, 6.07) is 5.86. The fourth-order valence-corrected chi connectivity index (χ4v) is 1.74. The zero-order valence-electron chi connectivity index (χ0n) is 7.17. The average Bonchev–Trinajstić information content (AvgIpc) is 2.19. The van der Waals surface area contributed by atoms with Gasteiger partial charge in [-0.25, -0.2) is 0 Å². The normalized spacial score (nSPS) is 11.4. The van der Waals surface area contributed by atoms with E-state index in [0.717, 1.165) is 13.7 Å². The molecular formula is C8H9BrIN3O. The summed E-state index contributed by atoms with van der Waals surface area (Å²) in [5.41, 5.74) is 6.28. The number of nitrogens with two attached hydrogens (primary N) is 1. The van der Waals surface area contributed by atoms with Crippen LogP contribution in [-0.4, -0.2) is 17.6 Å². The van der Waals surface area contributed by atoms with Gasteiger partial charge in [0.2, 0.25) is 0 Å². The van der Waals surface area contributed by atoms with E-state index in [2.05, 4.69) is 49.0 Å². The summed E-state index contributed by atoms with van der Waals surface area (Å²) in [5, 5.41) is 14.3. The number of hydrogen-bond donors (Lipinski definition) is 3. The molecule has 6 heteroatoms. The summed E-state index contributed by atoms with van der Waals surface area (Å²) in [7, 11) is 0. The average molecular weight is 370 g/mol. The molecule has 0 saturated carbocycles. The van der Waals surface area contributed by atoms with Crippen LogP contribution < -0.4 is 11.1 Å². The van der Waals surface area contributed by atoms with E-state index in [0.29, 0.717) is 6.54 Å². The Morgan fingerprint density at radius 3 is 3.00 bits per heavy atom. The van der Waals surface area contributed by atoms with E-state index in [1.54, 1.807) is 0 Å². The molecular weight excluding hydrogens is 361 g/mol. The molecule has 0 atom stereocenters. The molecule has 0 amide bonds. The molecule has 4 nitrogen and oxygen atoms in total. The van der Waals surface area contributed by atoms with Gasteiger partial charge in [-0.2, -0.15) is 0 Å². The van der Waals surface area contributed by atoms with Crippen molar-refractivity contribution < 1.29 is 5.21 Å². The minimum Gasteiger partial charge on any atom is -0.409 e. The van der Waals surface area contributed by atoms with Gasteiger partial charge >= 0.3 is 0 Å². The molecule has 0 aromatic heterocycles. The second kappa shape index (κ2) is 5.40. The maximum atomic E-state index is 8.35. The van der Waals surface area contributed by atoms with Gasteiger partial charge in [0, 0.05) is 13.7 Å². The van der Waals surface area contributed by atoms with Crippen LogP contribution >= 0.6 is 38.5 Å². The van der Waals surface area contributed by atoms with Crippen LogP contribution in [0.5, 0.6) is 0 Å². The molecule has 0 aliphatic rings. The summed E-state index contributed by atoms with van der Waals surface area (Å²) in [6.07, 6.45) is 0. The van der Waals surface area contributed by atoms with Gasteiger partial charge in [-0.3, -0.25) is 0 Å². The Morgan fingerprint density at radius 2 is 2.36 bits per heavy atom. The lowest BCUT2D eigenvalue weighted by molar-refractivity contribution is 0.317. The van der Waals surface area contributed by atoms with Gasteiger partial charge in [0.1, 0.15) is 0 Å². The van der Waals surface area contributed by atoms with E-state index in [1.807, 2.05) is 18.2 Å². The third kappa shape index (κ3) is 3.33. The van der Waals surface area contributed by atoms with Crippen LogP contribution in [0.1, 0.15) is 0 Å². The topological polar surface area (TPSA) is 70.6 Å². The minimum absolute atomic E-state index is 0.153. The Kier molecular flexibility index (Phi) is 4.46. The monoisotopic (exact) mass is 369 g/mol. The molecule has 0 heterocycles. The van der Waals surface area contributed by atoms with Crippen LogP contribution in [0.15, 0.2) is 27.8 Å². The zero-order valence-corrected chi connectivity index (χ0v) is 10.9. The lowest BCUT2D eigenvalue weighted by Gasteiger charge is -2.07. The van der Waals surface area contributed by atoms with Gasteiger partial charge in [-0.1, -0.05) is 21.1 Å². The van der Waals surface area contributed by atoms with E-state index >= 15 is 0 Å². The number of nitrogens with one attached hydrogen (secondary N) is 1. The fraction of sp³-hybridized carbons (Fsp3) is 0.125. The number of hydrogen-bond acceptors (Lipinski definition) is 3. The van der Waals surface area contributed by atoms with Gasteiger partial charge in [0.05, 0.1) is 6.54 Å². The summed E-state index contributed by atoms with van der Waals surface area (Å²) >= 11 is 5.58. The van der Waals surface area contributed by atoms with E-state index in [4.69, 9.17) is 10.9 Å². The number of oxime groups is 1. The number of amidine groups is 1. The Balaban J connectivity index is 2.71. The quantitative estimate of drug-likeness (QED) is 0.251. The van der Waals surface area contributed by atoms with Crippen LogP contribution in [0.25, 0.3) is 0 Å². The first kappa shape index (κ1) is 11.6. The molecule has 0 saturated heterocycles. The fourth-order valence-electron chi connectivity index (χ4n) is 0.854. The minimum atomic E-state index is 0.153. The van der Waals surface area contributed by atoms with Crippen molar-refractivity contribution in [1.29, 1.82) is 0 Å². The van der Waals surface area contributed by atoms with Crippen molar-refractivity contribution in [3.63, 3.8) is 0 Å². The van der Waals surface area contributed by atoms with Crippen LogP contribution in [-0.2, 0) is 0 Å². The van der Waals surface area contributed by atoms with Crippen LogP contribution in [0.2, 0.25) is 0 Å². The number of benzene rings is 1. The van der Waals surface area contributed by atoms with Crippen molar-refractivity contribution in [1.82, 2.24) is 0 Å². The molecule has 1 aromatic carbocycles. The third-order valence-electron chi connectivity index (χ3n) is 1.52. The summed E-state index contributed by atoms with van der Waals surface area (Å²) in [6.45, 7) is 0.322. The van der Waals surface area contributed by atoms with E-state index in [1.165, 1.54) is 0 Å². The molecule has 14 heavy (non-hydrogen) atoms. The van der Waals surface area contributed by atoms with Crippen molar-refractivity contribution in [3.8, 4) is 0 Å². The predicted molar refractivity (Wildman–Crippen MR) is 68.8 cm³/mol. The highest BCUT2D eigenvalue weighted by Crippen LogP contribution is 2.22. The molecule has 0 aliphatic carbocycles. The van der Waals surface area contributed by atoms with E-state index in [-0.39, 0.29) is 5.84 Å². The summed E-state index contributed by atoms with van der Waals surface area (Å²) < 4.78 is 2.07. The molecule has 0 aliphatic heterocycles. The highest BCUT2D eigenvalue weighted by Gasteiger charge is 2.00. The molecule has 0 bridgehead atoms. The van der Waals surface area contributed by atoms with Crippen LogP contribution in [0.4, 0.5) is 5.69 Å². The van der Waals surface area contributed by atoms with Crippen LogP contribution in [0.3, 0.4) is 0 Å². The Morgan fingerprint density at radius 1 is 1.64 bits per heavy atom. The number of nitrogens with zero attached hydrogens (tertiary/aromatic N) is 1. The van der Waals surface area contributed by atoms with Crippen LogP contribution in [0, 0.1) is 3.57 Å². The highest BCUT2D eigenvalue weighted by atomic mass is 127. The molecule has 0 radical (unpaired) electrons. The van der Waals surface area contributed by atoms with Crippen molar-refractivity contribution in [2.75, 3.05) is 11.9 Å². The van der Waals surface area contributed by atoms with Gasteiger partial charge < -0.3 is 16.3 Å². The van der Waals surface area contributed by atoms with Gasteiger partial charge in [0.15, 0.2) is 5.84 Å². The lowest BCUT2D eigenvalue weighted by Crippen LogP contribution is -2.22. The van der Waals surface area contributed by atoms with Gasteiger partial charge in [0.25, 0.3) is 0 Å². The molecule has 1 rings (SSSR count). The van der Waals surface area contributed by atoms with E-state index in [9.17, 15) is 0 Å². The number of halogens is 2. The Hall–Kier alpha value is -0.500. The van der Waals surface area contributed by atoms with Gasteiger partial charge in [-0.15, -0.1) is 0 Å². The van der Waals surface area contributed by atoms with Crippen molar-refractivity contribution >= 4 is 50.0 Å². The first-order valence-electron chi connectivity index (χ1n) is 3.79.